The number of rotatable bonds is 10. The van der Waals surface area contributed by atoms with E-state index < -0.39 is 0 Å². The maximum absolute atomic E-state index is 5.64. The number of ether oxygens (including phenoxy) is 1. The number of nitrogens with one attached hydrogen (secondary N) is 1. The normalized spacial score (nSPS) is 12.8. The molecule has 5 nitrogen and oxygen atoms in total. The predicted octanol–water partition coefficient (Wildman–Crippen LogP) is 1.84. The van der Waals surface area contributed by atoms with Gasteiger partial charge in [0.15, 0.2) is 0 Å². The SMILES string of the molecule is CCCC(C)COCCn1cc(CNCC)nn1. The molecule has 0 spiro atoms. The topological polar surface area (TPSA) is 52.0 Å². The summed E-state index contributed by atoms with van der Waals surface area (Å²) in [5.41, 5.74) is 0.983. The first-order chi connectivity index (χ1) is 8.76. The lowest BCUT2D eigenvalue weighted by Crippen LogP contribution is -2.12. The fourth-order valence-corrected chi connectivity index (χ4v) is 1.80. The van der Waals surface area contributed by atoms with E-state index in [1.165, 1.54) is 12.8 Å². The van der Waals surface area contributed by atoms with Gasteiger partial charge in [-0.05, 0) is 18.9 Å². The van der Waals surface area contributed by atoms with Crippen molar-refractivity contribution in [3.05, 3.63) is 11.9 Å². The second-order valence-electron chi connectivity index (χ2n) is 4.72. The first-order valence-electron chi connectivity index (χ1n) is 6.93. The molecular formula is C13H26N4O. The van der Waals surface area contributed by atoms with Crippen LogP contribution in [0, 0.1) is 5.92 Å². The molecule has 1 aromatic heterocycles. The van der Waals surface area contributed by atoms with Crippen molar-refractivity contribution in [2.45, 2.75) is 46.7 Å². The highest BCUT2D eigenvalue weighted by molar-refractivity contribution is 4.91. The van der Waals surface area contributed by atoms with Gasteiger partial charge in [-0.15, -0.1) is 5.10 Å². The Labute approximate surface area is 110 Å². The molecular weight excluding hydrogens is 228 g/mol. The molecule has 0 saturated carbocycles. The van der Waals surface area contributed by atoms with Crippen LogP contribution in [0.4, 0.5) is 0 Å². The maximum atomic E-state index is 5.64. The molecule has 1 unspecified atom stereocenters. The first-order valence-corrected chi connectivity index (χ1v) is 6.93. The Morgan fingerprint density at radius 3 is 3.00 bits per heavy atom. The number of nitrogens with zero attached hydrogens (tertiary/aromatic N) is 3. The second kappa shape index (κ2) is 9.05. The van der Waals surface area contributed by atoms with E-state index in [2.05, 4.69) is 36.4 Å². The van der Waals surface area contributed by atoms with Crippen LogP contribution in [0.2, 0.25) is 0 Å². The molecule has 0 aromatic carbocycles. The molecule has 0 fully saturated rings. The van der Waals surface area contributed by atoms with E-state index in [1.807, 2.05) is 10.9 Å². The molecule has 0 amide bonds. The summed E-state index contributed by atoms with van der Waals surface area (Å²) in [6.45, 7) is 10.6. The van der Waals surface area contributed by atoms with E-state index >= 15 is 0 Å². The third kappa shape index (κ3) is 6.12. The smallest absolute Gasteiger partial charge is 0.0964 e. The molecule has 1 rings (SSSR count). The highest BCUT2D eigenvalue weighted by atomic mass is 16.5. The van der Waals surface area contributed by atoms with Crippen LogP contribution < -0.4 is 5.32 Å². The summed E-state index contributed by atoms with van der Waals surface area (Å²) in [6.07, 6.45) is 4.43. The summed E-state index contributed by atoms with van der Waals surface area (Å²) >= 11 is 0. The van der Waals surface area contributed by atoms with Gasteiger partial charge in [0, 0.05) is 19.3 Å². The van der Waals surface area contributed by atoms with Gasteiger partial charge >= 0.3 is 0 Å². The van der Waals surface area contributed by atoms with Crippen LogP contribution >= 0.6 is 0 Å². The zero-order chi connectivity index (χ0) is 13.2. The fourth-order valence-electron chi connectivity index (χ4n) is 1.80. The molecule has 18 heavy (non-hydrogen) atoms. The molecule has 0 saturated heterocycles. The monoisotopic (exact) mass is 254 g/mol. The molecule has 0 aliphatic heterocycles. The third-order valence-corrected chi connectivity index (χ3v) is 2.79. The molecule has 0 radical (unpaired) electrons. The van der Waals surface area contributed by atoms with Gasteiger partial charge in [-0.25, -0.2) is 4.68 Å². The molecule has 5 heteroatoms. The van der Waals surface area contributed by atoms with Gasteiger partial charge < -0.3 is 10.1 Å². The van der Waals surface area contributed by atoms with E-state index in [-0.39, 0.29) is 0 Å². The second-order valence-corrected chi connectivity index (χ2v) is 4.72. The Morgan fingerprint density at radius 1 is 1.44 bits per heavy atom. The number of aromatic nitrogens is 3. The Balaban J connectivity index is 2.13. The Kier molecular flexibility index (Phi) is 7.60. The number of hydrogen-bond acceptors (Lipinski definition) is 4. The summed E-state index contributed by atoms with van der Waals surface area (Å²) in [5.74, 6) is 0.648. The highest BCUT2D eigenvalue weighted by Gasteiger charge is 2.02. The molecule has 1 aromatic rings. The molecule has 104 valence electrons. The van der Waals surface area contributed by atoms with Gasteiger partial charge in [0.1, 0.15) is 0 Å². The minimum Gasteiger partial charge on any atom is -0.379 e. The quantitative estimate of drug-likeness (QED) is 0.647. The largest absolute Gasteiger partial charge is 0.379 e. The third-order valence-electron chi connectivity index (χ3n) is 2.79. The zero-order valence-corrected chi connectivity index (χ0v) is 11.9. The van der Waals surface area contributed by atoms with Gasteiger partial charge in [0.2, 0.25) is 0 Å². The minimum atomic E-state index is 0.648. The van der Waals surface area contributed by atoms with Crippen molar-refractivity contribution in [2.75, 3.05) is 19.8 Å². The maximum Gasteiger partial charge on any atom is 0.0964 e. The zero-order valence-electron chi connectivity index (χ0n) is 11.9. The van der Waals surface area contributed by atoms with Gasteiger partial charge in [-0.2, -0.15) is 0 Å². The average Bonchev–Trinajstić information content (AvgIpc) is 2.80. The van der Waals surface area contributed by atoms with Gasteiger partial charge in [0.05, 0.1) is 18.8 Å². The van der Waals surface area contributed by atoms with E-state index in [4.69, 9.17) is 4.74 Å². The van der Waals surface area contributed by atoms with Crippen LogP contribution in [0.15, 0.2) is 6.20 Å². The van der Waals surface area contributed by atoms with Crippen molar-refractivity contribution in [1.29, 1.82) is 0 Å². The molecule has 0 bridgehead atoms. The van der Waals surface area contributed by atoms with E-state index in [0.717, 1.165) is 31.9 Å². The van der Waals surface area contributed by atoms with Crippen LogP contribution in [0.1, 0.15) is 39.3 Å². The van der Waals surface area contributed by atoms with Crippen LogP contribution in [-0.2, 0) is 17.8 Å². The van der Waals surface area contributed by atoms with Crippen molar-refractivity contribution in [3.63, 3.8) is 0 Å². The van der Waals surface area contributed by atoms with Gasteiger partial charge in [0.25, 0.3) is 0 Å². The summed E-state index contributed by atoms with van der Waals surface area (Å²) < 4.78 is 7.48. The highest BCUT2D eigenvalue weighted by Crippen LogP contribution is 2.04. The van der Waals surface area contributed by atoms with E-state index in [9.17, 15) is 0 Å². The summed E-state index contributed by atoms with van der Waals surface area (Å²) in [6, 6.07) is 0. The van der Waals surface area contributed by atoms with Gasteiger partial charge in [-0.3, -0.25) is 0 Å². The van der Waals surface area contributed by atoms with Crippen LogP contribution in [-0.4, -0.2) is 34.8 Å². The Bertz CT molecular complexity index is 314. The van der Waals surface area contributed by atoms with Crippen molar-refractivity contribution in [2.24, 2.45) is 5.92 Å². The molecule has 1 N–H and O–H groups in total. The van der Waals surface area contributed by atoms with Crippen molar-refractivity contribution < 1.29 is 4.74 Å². The predicted molar refractivity (Wildman–Crippen MR) is 72.3 cm³/mol. The van der Waals surface area contributed by atoms with Crippen molar-refractivity contribution >= 4 is 0 Å². The molecule has 0 aliphatic rings. The standard InChI is InChI=1S/C13H26N4O/c1-4-6-12(3)11-18-8-7-17-10-13(15-16-17)9-14-5-2/h10,12,14H,4-9,11H2,1-3H3. The van der Waals surface area contributed by atoms with Crippen molar-refractivity contribution in [3.8, 4) is 0 Å². The lowest BCUT2D eigenvalue weighted by atomic mass is 10.1. The number of hydrogen-bond donors (Lipinski definition) is 1. The molecule has 1 atom stereocenters. The first kappa shape index (κ1) is 15.1. The van der Waals surface area contributed by atoms with E-state index in [0.29, 0.717) is 12.5 Å². The van der Waals surface area contributed by atoms with Crippen molar-refractivity contribution in [1.82, 2.24) is 20.3 Å². The van der Waals surface area contributed by atoms with Gasteiger partial charge in [-0.1, -0.05) is 32.4 Å². The van der Waals surface area contributed by atoms with Crippen LogP contribution in [0.3, 0.4) is 0 Å². The Hall–Kier alpha value is -0.940. The summed E-state index contributed by atoms with van der Waals surface area (Å²) in [5, 5.41) is 11.4. The lowest BCUT2D eigenvalue weighted by molar-refractivity contribution is 0.0931. The van der Waals surface area contributed by atoms with E-state index in [1.54, 1.807) is 0 Å². The average molecular weight is 254 g/mol. The summed E-state index contributed by atoms with van der Waals surface area (Å²) in [4.78, 5) is 0. The van der Waals surface area contributed by atoms with Crippen LogP contribution in [0.5, 0.6) is 0 Å². The summed E-state index contributed by atoms with van der Waals surface area (Å²) in [7, 11) is 0. The minimum absolute atomic E-state index is 0.648. The lowest BCUT2D eigenvalue weighted by Gasteiger charge is -2.10. The molecule has 0 aliphatic carbocycles. The van der Waals surface area contributed by atoms with Crippen LogP contribution in [0.25, 0.3) is 0 Å². The fraction of sp³-hybridized carbons (Fsp3) is 0.846. The molecule has 1 heterocycles. The Morgan fingerprint density at radius 2 is 2.28 bits per heavy atom.